The number of aliphatic hydroxyl groups excluding tert-OH is 1. The third-order valence-electron chi connectivity index (χ3n) is 2.18. The van der Waals surface area contributed by atoms with Gasteiger partial charge < -0.3 is 5.11 Å². The molecule has 0 saturated carbocycles. The average molecular weight is 206 g/mol. The van der Waals surface area contributed by atoms with Crippen molar-refractivity contribution in [2.24, 2.45) is 5.92 Å². The number of rotatable bonds is 3. The van der Waals surface area contributed by atoms with E-state index in [9.17, 15) is 13.2 Å². The summed E-state index contributed by atoms with van der Waals surface area (Å²) in [4.78, 5) is 0. The molecule has 1 rings (SSSR count). The first kappa shape index (κ1) is 11.3. The summed E-state index contributed by atoms with van der Waals surface area (Å²) < 4.78 is 36.9. The Morgan fingerprint density at radius 3 is 2.71 bits per heavy atom. The number of halogens is 3. The van der Waals surface area contributed by atoms with Crippen LogP contribution in [-0.2, 0) is 0 Å². The van der Waals surface area contributed by atoms with Gasteiger partial charge in [0.15, 0.2) is 0 Å². The van der Waals surface area contributed by atoms with Crippen LogP contribution in [0.25, 0.3) is 0 Å². The quantitative estimate of drug-likeness (QED) is 0.752. The second kappa shape index (κ2) is 4.64. The lowest BCUT2D eigenvalue weighted by Crippen LogP contribution is -2.21. The van der Waals surface area contributed by atoms with Crippen molar-refractivity contribution in [2.45, 2.75) is 25.4 Å². The molecule has 0 amide bonds. The van der Waals surface area contributed by atoms with E-state index in [1.807, 2.05) is 0 Å². The molecule has 0 radical (unpaired) electrons. The SMILES string of the molecule is OCCCC1=CC(C(F)(F)F)CC=C1. The summed E-state index contributed by atoms with van der Waals surface area (Å²) in [6.45, 7) is 0.0157. The summed E-state index contributed by atoms with van der Waals surface area (Å²) in [5, 5.41) is 8.55. The second-order valence-corrected chi connectivity index (χ2v) is 3.35. The lowest BCUT2D eigenvalue weighted by atomic mass is 9.93. The molecule has 1 nitrogen and oxygen atoms in total. The van der Waals surface area contributed by atoms with E-state index >= 15 is 0 Å². The predicted molar refractivity (Wildman–Crippen MR) is 47.7 cm³/mol. The van der Waals surface area contributed by atoms with Crippen molar-refractivity contribution in [1.29, 1.82) is 0 Å². The average Bonchev–Trinajstić information content (AvgIpc) is 2.14. The summed E-state index contributed by atoms with van der Waals surface area (Å²) in [6.07, 6.45) is 1.43. The van der Waals surface area contributed by atoms with Gasteiger partial charge in [-0.25, -0.2) is 0 Å². The molecule has 1 atom stereocenters. The smallest absolute Gasteiger partial charge is 0.395 e. The van der Waals surface area contributed by atoms with Crippen LogP contribution in [0.3, 0.4) is 0 Å². The van der Waals surface area contributed by atoms with Crippen LogP contribution < -0.4 is 0 Å². The maximum absolute atomic E-state index is 12.3. The first-order valence-corrected chi connectivity index (χ1v) is 4.59. The second-order valence-electron chi connectivity index (χ2n) is 3.35. The molecule has 14 heavy (non-hydrogen) atoms. The normalized spacial score (nSPS) is 22.3. The molecule has 0 aromatic heterocycles. The molecular formula is C10H13F3O. The molecule has 0 heterocycles. The van der Waals surface area contributed by atoms with Gasteiger partial charge in [-0.15, -0.1) is 0 Å². The van der Waals surface area contributed by atoms with E-state index in [2.05, 4.69) is 0 Å². The van der Waals surface area contributed by atoms with Gasteiger partial charge in [-0.1, -0.05) is 23.8 Å². The molecule has 0 fully saturated rings. The van der Waals surface area contributed by atoms with Crippen LogP contribution in [0.4, 0.5) is 13.2 Å². The van der Waals surface area contributed by atoms with E-state index in [4.69, 9.17) is 5.11 Å². The summed E-state index contributed by atoms with van der Waals surface area (Å²) in [7, 11) is 0. The maximum Gasteiger partial charge on any atom is 0.395 e. The van der Waals surface area contributed by atoms with Gasteiger partial charge in [0, 0.05) is 6.61 Å². The molecule has 0 saturated heterocycles. The van der Waals surface area contributed by atoms with E-state index in [0.717, 1.165) is 0 Å². The van der Waals surface area contributed by atoms with Crippen molar-refractivity contribution in [2.75, 3.05) is 6.61 Å². The standard InChI is InChI=1S/C10H13F3O/c11-10(12,13)9-5-1-3-8(7-9)4-2-6-14/h1,3,7,9,14H,2,4-6H2. The Bertz CT molecular complexity index is 240. The molecule has 80 valence electrons. The van der Waals surface area contributed by atoms with Gasteiger partial charge in [-0.3, -0.25) is 0 Å². The molecule has 1 unspecified atom stereocenters. The van der Waals surface area contributed by atoms with Crippen LogP contribution in [-0.4, -0.2) is 17.9 Å². The van der Waals surface area contributed by atoms with Crippen LogP contribution in [0.15, 0.2) is 23.8 Å². The number of alkyl halides is 3. The van der Waals surface area contributed by atoms with Gasteiger partial charge >= 0.3 is 6.18 Å². The lowest BCUT2D eigenvalue weighted by Gasteiger charge is -2.19. The predicted octanol–water partition coefficient (Wildman–Crippen LogP) is 2.82. The van der Waals surface area contributed by atoms with E-state index in [0.29, 0.717) is 18.4 Å². The summed E-state index contributed by atoms with van der Waals surface area (Å²) in [6, 6.07) is 0. The van der Waals surface area contributed by atoms with E-state index in [1.165, 1.54) is 6.08 Å². The van der Waals surface area contributed by atoms with Gasteiger partial charge in [0.25, 0.3) is 0 Å². The van der Waals surface area contributed by atoms with Crippen LogP contribution in [0.2, 0.25) is 0 Å². The topological polar surface area (TPSA) is 20.2 Å². The highest BCUT2D eigenvalue weighted by molar-refractivity contribution is 5.24. The Morgan fingerprint density at radius 1 is 1.43 bits per heavy atom. The third-order valence-corrected chi connectivity index (χ3v) is 2.18. The first-order valence-electron chi connectivity index (χ1n) is 4.59. The van der Waals surface area contributed by atoms with E-state index in [-0.39, 0.29) is 13.0 Å². The zero-order valence-electron chi connectivity index (χ0n) is 7.72. The maximum atomic E-state index is 12.3. The van der Waals surface area contributed by atoms with Gasteiger partial charge in [-0.05, 0) is 19.3 Å². The monoisotopic (exact) mass is 206 g/mol. The lowest BCUT2D eigenvalue weighted by molar-refractivity contribution is -0.160. The van der Waals surface area contributed by atoms with Crippen molar-refractivity contribution >= 4 is 0 Å². The molecule has 0 bridgehead atoms. The Morgan fingerprint density at radius 2 is 2.14 bits per heavy atom. The number of allylic oxidation sites excluding steroid dienone is 4. The highest BCUT2D eigenvalue weighted by atomic mass is 19.4. The molecule has 4 heteroatoms. The summed E-state index contributed by atoms with van der Waals surface area (Å²) >= 11 is 0. The largest absolute Gasteiger partial charge is 0.396 e. The minimum absolute atomic E-state index is 0.0157. The van der Waals surface area contributed by atoms with Crippen LogP contribution in [0.5, 0.6) is 0 Å². The molecule has 0 aromatic rings. The van der Waals surface area contributed by atoms with Crippen molar-refractivity contribution in [3.05, 3.63) is 23.8 Å². The highest BCUT2D eigenvalue weighted by Crippen LogP contribution is 2.34. The molecule has 1 N–H and O–H groups in total. The molecule has 0 aliphatic heterocycles. The van der Waals surface area contributed by atoms with E-state index < -0.39 is 12.1 Å². The Hall–Kier alpha value is -0.770. The van der Waals surface area contributed by atoms with E-state index in [1.54, 1.807) is 12.2 Å². The summed E-state index contributed by atoms with van der Waals surface area (Å²) in [5.74, 6) is -1.35. The van der Waals surface area contributed by atoms with Gasteiger partial charge in [0.05, 0.1) is 5.92 Å². The van der Waals surface area contributed by atoms with Crippen LogP contribution >= 0.6 is 0 Å². The molecule has 0 aromatic carbocycles. The Kier molecular flexibility index (Phi) is 3.75. The fourth-order valence-corrected chi connectivity index (χ4v) is 1.43. The minimum atomic E-state index is -4.14. The zero-order chi connectivity index (χ0) is 10.6. The van der Waals surface area contributed by atoms with Gasteiger partial charge in [0.2, 0.25) is 0 Å². The summed E-state index contributed by atoms with van der Waals surface area (Å²) in [5.41, 5.74) is 0.674. The van der Waals surface area contributed by atoms with Crippen molar-refractivity contribution < 1.29 is 18.3 Å². The first-order chi connectivity index (χ1) is 6.54. The molecule has 0 spiro atoms. The van der Waals surface area contributed by atoms with Crippen molar-refractivity contribution in [1.82, 2.24) is 0 Å². The highest BCUT2D eigenvalue weighted by Gasteiger charge is 2.37. The minimum Gasteiger partial charge on any atom is -0.396 e. The molecular weight excluding hydrogens is 193 g/mol. The Labute approximate surface area is 80.9 Å². The van der Waals surface area contributed by atoms with Crippen molar-refractivity contribution in [3.8, 4) is 0 Å². The van der Waals surface area contributed by atoms with Gasteiger partial charge in [0.1, 0.15) is 0 Å². The zero-order valence-corrected chi connectivity index (χ0v) is 7.72. The van der Waals surface area contributed by atoms with Gasteiger partial charge in [-0.2, -0.15) is 13.2 Å². The number of hydrogen-bond donors (Lipinski definition) is 1. The van der Waals surface area contributed by atoms with Crippen LogP contribution in [0, 0.1) is 5.92 Å². The molecule has 1 aliphatic carbocycles. The number of hydrogen-bond acceptors (Lipinski definition) is 1. The molecule has 1 aliphatic rings. The fraction of sp³-hybridized carbons (Fsp3) is 0.600. The van der Waals surface area contributed by atoms with Crippen molar-refractivity contribution in [3.63, 3.8) is 0 Å². The van der Waals surface area contributed by atoms with Crippen LogP contribution in [0.1, 0.15) is 19.3 Å². The fourth-order valence-electron chi connectivity index (χ4n) is 1.43. The Balaban J connectivity index is 2.59. The third kappa shape index (κ3) is 3.18. The number of aliphatic hydroxyl groups is 1.